The molecule has 8 heteroatoms. The van der Waals surface area contributed by atoms with Crippen LogP contribution in [0.15, 0.2) is 30.3 Å². The van der Waals surface area contributed by atoms with Gasteiger partial charge in [0, 0.05) is 25.9 Å². The molecule has 0 bridgehead atoms. The third-order valence-electron chi connectivity index (χ3n) is 5.47. The fourth-order valence-corrected chi connectivity index (χ4v) is 3.82. The maximum absolute atomic E-state index is 12.9. The molecule has 2 heterocycles. The summed E-state index contributed by atoms with van der Waals surface area (Å²) in [6.45, 7) is 3.02. The highest BCUT2D eigenvalue weighted by molar-refractivity contribution is 5.86. The number of hydrogen-bond acceptors (Lipinski definition) is 6. The molecule has 2 saturated heterocycles. The molecule has 0 radical (unpaired) electrons. The van der Waals surface area contributed by atoms with E-state index < -0.39 is 17.7 Å². The molecule has 0 aliphatic carbocycles. The molecule has 152 valence electrons. The molecule has 8 nitrogen and oxygen atoms in total. The highest BCUT2D eigenvalue weighted by Gasteiger charge is 2.48. The van der Waals surface area contributed by atoms with Gasteiger partial charge in [-0.1, -0.05) is 25.1 Å². The largest absolute Gasteiger partial charge is 0.481 e. The fraction of sp³-hybridized carbons (Fsp3) is 0.550. The summed E-state index contributed by atoms with van der Waals surface area (Å²) in [6, 6.07) is 9.31. The first-order valence-electron chi connectivity index (χ1n) is 9.62. The zero-order valence-corrected chi connectivity index (χ0v) is 16.3. The highest BCUT2D eigenvalue weighted by atomic mass is 16.5. The van der Waals surface area contributed by atoms with Gasteiger partial charge in [0.15, 0.2) is 6.10 Å². The Labute approximate surface area is 164 Å². The number of nitrogens with zero attached hydrogens (tertiary/aromatic N) is 2. The van der Waals surface area contributed by atoms with E-state index in [-0.39, 0.29) is 24.9 Å². The summed E-state index contributed by atoms with van der Waals surface area (Å²) in [5.74, 6) is 0.0507. The van der Waals surface area contributed by atoms with Crippen molar-refractivity contribution in [1.29, 1.82) is 0 Å². The first-order chi connectivity index (χ1) is 13.5. The van der Waals surface area contributed by atoms with Crippen molar-refractivity contribution in [3.8, 4) is 5.75 Å². The van der Waals surface area contributed by atoms with Gasteiger partial charge in [-0.25, -0.2) is 0 Å². The second-order valence-corrected chi connectivity index (χ2v) is 7.09. The minimum Gasteiger partial charge on any atom is -0.481 e. The number of para-hydroxylation sites is 1. The van der Waals surface area contributed by atoms with Crippen molar-refractivity contribution in [2.45, 2.75) is 38.0 Å². The van der Waals surface area contributed by atoms with Crippen molar-refractivity contribution in [1.82, 2.24) is 15.1 Å². The van der Waals surface area contributed by atoms with Gasteiger partial charge in [-0.05, 0) is 18.6 Å². The number of amides is 2. The minimum absolute atomic E-state index is 0.0509. The predicted octanol–water partition coefficient (Wildman–Crippen LogP) is 0.768. The van der Waals surface area contributed by atoms with Crippen LogP contribution in [-0.2, 0) is 19.1 Å². The zero-order valence-electron chi connectivity index (χ0n) is 16.3. The number of benzene rings is 1. The lowest BCUT2D eigenvalue weighted by molar-refractivity contribution is -0.151. The summed E-state index contributed by atoms with van der Waals surface area (Å²) in [6.07, 6.45) is 1.15. The van der Waals surface area contributed by atoms with E-state index in [4.69, 9.17) is 9.47 Å². The summed E-state index contributed by atoms with van der Waals surface area (Å²) in [4.78, 5) is 40.2. The first kappa shape index (κ1) is 20.1. The summed E-state index contributed by atoms with van der Waals surface area (Å²) < 4.78 is 10.6. The Hall–Kier alpha value is -2.61. The molecule has 1 unspecified atom stereocenters. The molecule has 1 aromatic carbocycles. The van der Waals surface area contributed by atoms with E-state index in [9.17, 15) is 14.4 Å². The Morgan fingerprint density at radius 3 is 2.50 bits per heavy atom. The van der Waals surface area contributed by atoms with Crippen molar-refractivity contribution in [2.24, 2.45) is 0 Å². The van der Waals surface area contributed by atoms with Crippen LogP contribution in [0, 0.1) is 0 Å². The van der Waals surface area contributed by atoms with Gasteiger partial charge < -0.3 is 19.3 Å². The summed E-state index contributed by atoms with van der Waals surface area (Å²) in [5, 5.41) is 3.24. The quantitative estimate of drug-likeness (QED) is 0.723. The van der Waals surface area contributed by atoms with Crippen molar-refractivity contribution in [3.05, 3.63) is 30.3 Å². The molecule has 1 spiro atoms. The van der Waals surface area contributed by atoms with Crippen LogP contribution in [0.1, 0.15) is 26.2 Å². The maximum Gasteiger partial charge on any atom is 0.325 e. The topological polar surface area (TPSA) is 88.2 Å². The van der Waals surface area contributed by atoms with E-state index in [1.54, 1.807) is 9.80 Å². The molecular formula is C20H27N3O5. The standard InChI is InChI=1S/C20H27N3O5/c1-3-16(28-15-7-5-4-6-8-15)19(26)22-11-9-20(10-12-22)21-13-17(24)23(20)14-18(25)27-2/h4-8,16,21H,3,9-14H2,1-2H3. The predicted molar refractivity (Wildman–Crippen MR) is 101 cm³/mol. The Morgan fingerprint density at radius 1 is 1.21 bits per heavy atom. The SMILES string of the molecule is CCC(Oc1ccccc1)C(=O)N1CCC2(CC1)NCC(=O)N2CC(=O)OC. The number of rotatable bonds is 6. The smallest absolute Gasteiger partial charge is 0.325 e. The van der Waals surface area contributed by atoms with Gasteiger partial charge in [0.1, 0.15) is 12.3 Å². The summed E-state index contributed by atoms with van der Waals surface area (Å²) in [5.41, 5.74) is -0.593. The lowest BCUT2D eigenvalue weighted by Crippen LogP contribution is -2.61. The minimum atomic E-state index is -0.593. The number of methoxy groups -OCH3 is 1. The highest BCUT2D eigenvalue weighted by Crippen LogP contribution is 2.30. The molecule has 0 aromatic heterocycles. The first-order valence-corrected chi connectivity index (χ1v) is 9.62. The monoisotopic (exact) mass is 389 g/mol. The lowest BCUT2D eigenvalue weighted by Gasteiger charge is -2.44. The number of likely N-dealkylation sites (tertiary alicyclic amines) is 1. The van der Waals surface area contributed by atoms with Crippen molar-refractivity contribution >= 4 is 17.8 Å². The van der Waals surface area contributed by atoms with Crippen LogP contribution in [0.5, 0.6) is 5.75 Å². The zero-order chi connectivity index (χ0) is 20.1. The number of ether oxygens (including phenoxy) is 2. The van der Waals surface area contributed by atoms with E-state index in [1.807, 2.05) is 37.3 Å². The third-order valence-corrected chi connectivity index (χ3v) is 5.47. The van der Waals surface area contributed by atoms with Gasteiger partial charge in [0.05, 0.1) is 19.3 Å². The molecule has 1 atom stereocenters. The van der Waals surface area contributed by atoms with Crippen molar-refractivity contribution in [2.75, 3.05) is 33.3 Å². The van der Waals surface area contributed by atoms with Crippen LogP contribution >= 0.6 is 0 Å². The van der Waals surface area contributed by atoms with Crippen LogP contribution in [0.4, 0.5) is 0 Å². The number of carbonyl (C=O) groups is 3. The molecule has 0 saturated carbocycles. The number of hydrogen-bond donors (Lipinski definition) is 1. The van der Waals surface area contributed by atoms with E-state index in [0.717, 1.165) is 0 Å². The average molecular weight is 389 g/mol. The molecule has 2 aliphatic heterocycles. The summed E-state index contributed by atoms with van der Waals surface area (Å²) in [7, 11) is 1.31. The lowest BCUT2D eigenvalue weighted by atomic mass is 9.95. The molecule has 1 N–H and O–H groups in total. The number of carbonyl (C=O) groups excluding carboxylic acids is 3. The van der Waals surface area contributed by atoms with Crippen molar-refractivity contribution in [3.63, 3.8) is 0 Å². The molecule has 2 fully saturated rings. The molecule has 1 aromatic rings. The van der Waals surface area contributed by atoms with Gasteiger partial charge in [0.25, 0.3) is 5.91 Å². The Morgan fingerprint density at radius 2 is 1.89 bits per heavy atom. The van der Waals surface area contributed by atoms with Gasteiger partial charge in [-0.2, -0.15) is 0 Å². The van der Waals surface area contributed by atoms with Gasteiger partial charge >= 0.3 is 5.97 Å². The number of piperidine rings is 1. The number of esters is 1. The maximum atomic E-state index is 12.9. The second-order valence-electron chi connectivity index (χ2n) is 7.09. The molecule has 28 heavy (non-hydrogen) atoms. The summed E-state index contributed by atoms with van der Waals surface area (Å²) >= 11 is 0. The number of nitrogens with one attached hydrogen (secondary N) is 1. The van der Waals surface area contributed by atoms with E-state index in [0.29, 0.717) is 38.1 Å². The molecule has 2 aliphatic rings. The Bertz CT molecular complexity index is 716. The van der Waals surface area contributed by atoms with Crippen LogP contribution in [0.2, 0.25) is 0 Å². The van der Waals surface area contributed by atoms with Gasteiger partial charge in [0.2, 0.25) is 5.91 Å². The molecule has 3 rings (SSSR count). The van der Waals surface area contributed by atoms with Gasteiger partial charge in [-0.3, -0.25) is 19.7 Å². The Balaban J connectivity index is 1.62. The van der Waals surface area contributed by atoms with Crippen LogP contribution < -0.4 is 10.1 Å². The van der Waals surface area contributed by atoms with Crippen LogP contribution in [-0.4, -0.2) is 72.6 Å². The molecule has 2 amide bonds. The van der Waals surface area contributed by atoms with E-state index in [2.05, 4.69) is 5.32 Å². The average Bonchev–Trinajstić information content (AvgIpc) is 3.02. The normalized spacial score (nSPS) is 19.6. The van der Waals surface area contributed by atoms with Crippen LogP contribution in [0.3, 0.4) is 0 Å². The fourth-order valence-electron chi connectivity index (χ4n) is 3.82. The Kier molecular flexibility index (Phi) is 6.18. The van der Waals surface area contributed by atoms with E-state index in [1.165, 1.54) is 7.11 Å². The third kappa shape index (κ3) is 4.11. The second kappa shape index (κ2) is 8.60. The van der Waals surface area contributed by atoms with Gasteiger partial charge in [-0.15, -0.1) is 0 Å². The van der Waals surface area contributed by atoms with Crippen molar-refractivity contribution < 1.29 is 23.9 Å². The van der Waals surface area contributed by atoms with E-state index >= 15 is 0 Å². The molecular weight excluding hydrogens is 362 g/mol. The van der Waals surface area contributed by atoms with Crippen LogP contribution in [0.25, 0.3) is 0 Å².